The second kappa shape index (κ2) is 8.67. The number of nitrogens with zero attached hydrogens (tertiary/aromatic N) is 3. The van der Waals surface area contributed by atoms with E-state index in [4.69, 9.17) is 4.52 Å². The van der Waals surface area contributed by atoms with E-state index >= 15 is 0 Å². The number of nitrogens with one attached hydrogen (secondary N) is 1. The van der Waals surface area contributed by atoms with Gasteiger partial charge in [-0.05, 0) is 30.9 Å². The van der Waals surface area contributed by atoms with E-state index in [9.17, 15) is 4.79 Å². The highest BCUT2D eigenvalue weighted by molar-refractivity contribution is 5.93. The van der Waals surface area contributed by atoms with Crippen molar-refractivity contribution in [2.45, 2.75) is 40.2 Å². The molecular formula is C21H30N4O2. The van der Waals surface area contributed by atoms with Gasteiger partial charge in [-0.2, -0.15) is 0 Å². The van der Waals surface area contributed by atoms with Crippen molar-refractivity contribution in [1.82, 2.24) is 15.0 Å². The lowest BCUT2D eigenvalue weighted by atomic mass is 9.98. The van der Waals surface area contributed by atoms with E-state index in [0.717, 1.165) is 55.4 Å². The number of benzene rings is 1. The topological polar surface area (TPSA) is 61.6 Å². The monoisotopic (exact) mass is 370 g/mol. The van der Waals surface area contributed by atoms with Crippen LogP contribution in [0.25, 0.3) is 0 Å². The minimum absolute atomic E-state index is 0.0618. The predicted molar refractivity (Wildman–Crippen MR) is 107 cm³/mol. The number of carbonyl (C=O) groups is 1. The Morgan fingerprint density at radius 2 is 1.89 bits per heavy atom. The normalized spacial score (nSPS) is 16.0. The minimum atomic E-state index is 0.0618. The Morgan fingerprint density at radius 1 is 1.19 bits per heavy atom. The molecule has 6 heteroatoms. The zero-order valence-corrected chi connectivity index (χ0v) is 16.8. The number of aryl methyl sites for hydroxylation is 2. The van der Waals surface area contributed by atoms with Crippen molar-refractivity contribution in [1.29, 1.82) is 0 Å². The van der Waals surface area contributed by atoms with Crippen LogP contribution in [-0.2, 0) is 11.3 Å². The summed E-state index contributed by atoms with van der Waals surface area (Å²) in [4.78, 5) is 17.2. The molecule has 2 aromatic rings. The van der Waals surface area contributed by atoms with Crippen molar-refractivity contribution >= 4 is 11.6 Å². The lowest BCUT2D eigenvalue weighted by molar-refractivity contribution is -0.117. The molecule has 0 atom stereocenters. The first-order valence-corrected chi connectivity index (χ1v) is 9.68. The minimum Gasteiger partial charge on any atom is -0.361 e. The highest BCUT2D eigenvalue weighted by Gasteiger charge is 2.21. The summed E-state index contributed by atoms with van der Waals surface area (Å²) in [6, 6.07) is 8.17. The molecule has 27 heavy (non-hydrogen) atoms. The van der Waals surface area contributed by atoms with E-state index in [0.29, 0.717) is 12.5 Å². The van der Waals surface area contributed by atoms with Crippen molar-refractivity contribution in [2.75, 3.05) is 38.0 Å². The second-order valence-electron chi connectivity index (χ2n) is 7.72. The standard InChI is InChI=1S/C21H30N4O2/c1-15(2)19-7-5-6-16(3)21(19)22-20(26)14-25-10-8-24(9-11-25)13-18-12-17(4)27-23-18/h5-7,12,15H,8-11,13-14H2,1-4H3,(H,22,26). The smallest absolute Gasteiger partial charge is 0.238 e. The molecule has 0 bridgehead atoms. The summed E-state index contributed by atoms with van der Waals surface area (Å²) in [5, 5.41) is 7.21. The first-order chi connectivity index (χ1) is 12.9. The molecule has 1 saturated heterocycles. The molecule has 1 aliphatic rings. The van der Waals surface area contributed by atoms with E-state index in [1.807, 2.05) is 26.0 Å². The van der Waals surface area contributed by atoms with Gasteiger partial charge in [0, 0.05) is 44.5 Å². The van der Waals surface area contributed by atoms with Gasteiger partial charge in [0.05, 0.1) is 12.2 Å². The highest BCUT2D eigenvalue weighted by Crippen LogP contribution is 2.27. The van der Waals surface area contributed by atoms with Crippen molar-refractivity contribution in [3.63, 3.8) is 0 Å². The van der Waals surface area contributed by atoms with Gasteiger partial charge in [0.15, 0.2) is 0 Å². The Morgan fingerprint density at radius 3 is 2.52 bits per heavy atom. The second-order valence-corrected chi connectivity index (χ2v) is 7.72. The number of rotatable bonds is 6. The maximum Gasteiger partial charge on any atom is 0.238 e. The maximum atomic E-state index is 12.6. The number of hydrogen-bond acceptors (Lipinski definition) is 5. The Kier molecular flexibility index (Phi) is 6.29. The van der Waals surface area contributed by atoms with Crippen molar-refractivity contribution in [2.24, 2.45) is 0 Å². The zero-order chi connectivity index (χ0) is 19.4. The number of para-hydroxylation sites is 1. The van der Waals surface area contributed by atoms with Crippen molar-refractivity contribution < 1.29 is 9.32 Å². The van der Waals surface area contributed by atoms with Gasteiger partial charge in [0.25, 0.3) is 0 Å². The fourth-order valence-electron chi connectivity index (χ4n) is 3.55. The molecule has 1 aromatic heterocycles. The van der Waals surface area contributed by atoms with E-state index in [1.54, 1.807) is 0 Å². The number of aromatic nitrogens is 1. The van der Waals surface area contributed by atoms with E-state index in [-0.39, 0.29) is 5.91 Å². The first-order valence-electron chi connectivity index (χ1n) is 9.68. The third-order valence-corrected chi connectivity index (χ3v) is 5.09. The van der Waals surface area contributed by atoms with Gasteiger partial charge < -0.3 is 9.84 Å². The van der Waals surface area contributed by atoms with Gasteiger partial charge in [-0.3, -0.25) is 14.6 Å². The van der Waals surface area contributed by atoms with Crippen LogP contribution in [-0.4, -0.2) is 53.6 Å². The van der Waals surface area contributed by atoms with Crippen LogP contribution < -0.4 is 5.32 Å². The quantitative estimate of drug-likeness (QED) is 0.846. The van der Waals surface area contributed by atoms with Crippen LogP contribution in [0.4, 0.5) is 5.69 Å². The number of carbonyl (C=O) groups excluding carboxylic acids is 1. The average Bonchev–Trinajstić information content (AvgIpc) is 3.03. The Balaban J connectivity index is 1.50. The Bertz CT molecular complexity index is 776. The highest BCUT2D eigenvalue weighted by atomic mass is 16.5. The Labute approximate surface area is 161 Å². The van der Waals surface area contributed by atoms with Gasteiger partial charge >= 0.3 is 0 Å². The van der Waals surface area contributed by atoms with Crippen LogP contribution in [0, 0.1) is 13.8 Å². The summed E-state index contributed by atoms with van der Waals surface area (Å²) < 4.78 is 5.13. The van der Waals surface area contributed by atoms with Gasteiger partial charge in [0.1, 0.15) is 5.76 Å². The lowest BCUT2D eigenvalue weighted by Crippen LogP contribution is -2.48. The summed E-state index contributed by atoms with van der Waals surface area (Å²) in [6.45, 7) is 13.1. The third-order valence-electron chi connectivity index (χ3n) is 5.09. The summed E-state index contributed by atoms with van der Waals surface area (Å²) in [7, 11) is 0. The van der Waals surface area contributed by atoms with Crippen LogP contribution in [0.15, 0.2) is 28.8 Å². The largest absolute Gasteiger partial charge is 0.361 e. The molecule has 1 aliphatic heterocycles. The van der Waals surface area contributed by atoms with Gasteiger partial charge in [-0.1, -0.05) is 37.2 Å². The number of piperazine rings is 1. The van der Waals surface area contributed by atoms with Crippen LogP contribution in [0.5, 0.6) is 0 Å². The molecule has 1 fully saturated rings. The van der Waals surface area contributed by atoms with Gasteiger partial charge in [0.2, 0.25) is 5.91 Å². The maximum absolute atomic E-state index is 12.6. The molecule has 3 rings (SSSR count). The fourth-order valence-corrected chi connectivity index (χ4v) is 3.55. The molecule has 1 aromatic carbocycles. The molecule has 1 amide bonds. The average molecular weight is 370 g/mol. The summed E-state index contributed by atoms with van der Waals surface area (Å²) >= 11 is 0. The predicted octanol–water partition coefficient (Wildman–Crippen LogP) is 3.17. The molecule has 0 spiro atoms. The molecule has 6 nitrogen and oxygen atoms in total. The van der Waals surface area contributed by atoms with E-state index < -0.39 is 0 Å². The first kappa shape index (κ1) is 19.6. The molecule has 146 valence electrons. The number of anilines is 1. The molecule has 0 unspecified atom stereocenters. The fraction of sp³-hybridized carbons (Fsp3) is 0.524. The molecule has 1 N–H and O–H groups in total. The molecule has 0 saturated carbocycles. The third kappa shape index (κ3) is 5.17. The SMILES string of the molecule is Cc1cc(CN2CCN(CC(=O)Nc3c(C)cccc3C(C)C)CC2)no1. The summed E-state index contributed by atoms with van der Waals surface area (Å²) in [5.41, 5.74) is 4.25. The molecule has 0 radical (unpaired) electrons. The lowest BCUT2D eigenvalue weighted by Gasteiger charge is -2.33. The number of hydrogen-bond donors (Lipinski definition) is 1. The van der Waals surface area contributed by atoms with Gasteiger partial charge in [-0.15, -0.1) is 0 Å². The van der Waals surface area contributed by atoms with Crippen LogP contribution >= 0.6 is 0 Å². The van der Waals surface area contributed by atoms with Crippen molar-refractivity contribution in [3.05, 3.63) is 46.8 Å². The van der Waals surface area contributed by atoms with E-state index in [1.165, 1.54) is 5.56 Å². The summed E-state index contributed by atoms with van der Waals surface area (Å²) in [5.74, 6) is 1.29. The summed E-state index contributed by atoms with van der Waals surface area (Å²) in [6.07, 6.45) is 0. The van der Waals surface area contributed by atoms with Crippen LogP contribution in [0.1, 0.15) is 42.3 Å². The Hall–Kier alpha value is -2.18. The van der Waals surface area contributed by atoms with Crippen LogP contribution in [0.2, 0.25) is 0 Å². The van der Waals surface area contributed by atoms with Crippen molar-refractivity contribution in [3.8, 4) is 0 Å². The molecular weight excluding hydrogens is 340 g/mol. The molecule has 2 heterocycles. The van der Waals surface area contributed by atoms with Gasteiger partial charge in [-0.25, -0.2) is 0 Å². The van der Waals surface area contributed by atoms with Crippen LogP contribution in [0.3, 0.4) is 0 Å². The zero-order valence-electron chi connectivity index (χ0n) is 16.8. The number of amides is 1. The van der Waals surface area contributed by atoms with E-state index in [2.05, 4.69) is 46.3 Å². The molecule has 0 aliphatic carbocycles.